The number of benzene rings is 3. The number of carbonyl (C=O) groups excluding carboxylic acids is 3. The number of imide groups is 1. The van der Waals surface area contributed by atoms with Crippen LogP contribution in [0.15, 0.2) is 72.8 Å². The molecule has 40 heavy (non-hydrogen) atoms. The van der Waals surface area contributed by atoms with Crippen LogP contribution in [-0.2, 0) is 11.2 Å². The van der Waals surface area contributed by atoms with E-state index in [4.69, 9.17) is 26.6 Å². The third-order valence-corrected chi connectivity index (χ3v) is 6.44. The van der Waals surface area contributed by atoms with E-state index in [0.29, 0.717) is 22.6 Å². The Morgan fingerprint density at radius 3 is 1.70 bits per heavy atom. The van der Waals surface area contributed by atoms with E-state index in [0.717, 1.165) is 21.6 Å². The van der Waals surface area contributed by atoms with Crippen LogP contribution in [0.3, 0.4) is 0 Å². The van der Waals surface area contributed by atoms with Crippen molar-refractivity contribution in [3.63, 3.8) is 0 Å². The molecule has 0 radical (unpaired) electrons. The monoisotopic (exact) mass is 615 g/mol. The van der Waals surface area contributed by atoms with Gasteiger partial charge in [0.1, 0.15) is 0 Å². The first-order chi connectivity index (χ1) is 18.1. The Balaban J connectivity index is 0.00000125. The van der Waals surface area contributed by atoms with Gasteiger partial charge in [0, 0.05) is 11.6 Å². The van der Waals surface area contributed by atoms with Gasteiger partial charge < -0.3 is 25.2 Å². The third-order valence-electron chi connectivity index (χ3n) is 6.18. The summed E-state index contributed by atoms with van der Waals surface area (Å²) >= 11 is 5.94. The summed E-state index contributed by atoms with van der Waals surface area (Å²) in [5, 5.41) is 37.6. The van der Waals surface area contributed by atoms with E-state index >= 15 is 0 Å². The Morgan fingerprint density at radius 2 is 1.25 bits per heavy atom. The number of amides is 2. The number of hydrogen-bond donors (Lipinski definition) is 2. The number of rotatable bonds is 9. The number of aliphatic hydroxyl groups excluding tert-OH is 1. The average Bonchev–Trinajstić information content (AvgIpc) is 3.13. The first-order valence-corrected chi connectivity index (χ1v) is 12.0. The van der Waals surface area contributed by atoms with E-state index in [1.807, 2.05) is 48.5 Å². The molecule has 1 aliphatic heterocycles. The van der Waals surface area contributed by atoms with Crippen molar-refractivity contribution in [2.45, 2.75) is 25.4 Å². The van der Waals surface area contributed by atoms with Crippen LogP contribution in [0.5, 0.6) is 0 Å². The SMILES string of the molecule is O=C(O)[C@H](CCN1C(=O)c2ccccc2C1=O)[C@H](O)CCc1ccc(-c2ccc(Cl)cc2)cc1.O=C([O-])[O-].[K+].[K+]. The molecule has 0 spiro atoms. The number of carbonyl (C=O) groups is 4. The minimum Gasteiger partial charge on any atom is -0.652 e. The number of aryl methyl sites for hydroxylation is 1. The van der Waals surface area contributed by atoms with Gasteiger partial charge in [-0.2, -0.15) is 0 Å². The summed E-state index contributed by atoms with van der Waals surface area (Å²) in [5.41, 5.74) is 3.69. The Hall–Kier alpha value is -0.937. The number of halogens is 1. The van der Waals surface area contributed by atoms with Crippen molar-refractivity contribution in [2.24, 2.45) is 5.92 Å². The summed E-state index contributed by atoms with van der Waals surface area (Å²) in [6.45, 7) is -0.0594. The van der Waals surface area contributed by atoms with Crippen LogP contribution >= 0.6 is 11.6 Å². The van der Waals surface area contributed by atoms with Crippen molar-refractivity contribution in [1.82, 2.24) is 4.90 Å². The number of aliphatic hydroxyl groups is 1. The van der Waals surface area contributed by atoms with Gasteiger partial charge in [-0.25, -0.2) is 0 Å². The molecule has 198 valence electrons. The molecule has 0 saturated heterocycles. The zero-order valence-electron chi connectivity index (χ0n) is 22.1. The van der Waals surface area contributed by atoms with Gasteiger partial charge in [0.05, 0.1) is 23.1 Å². The molecule has 3 aromatic carbocycles. The Morgan fingerprint density at radius 1 is 0.800 bits per heavy atom. The second-order valence-corrected chi connectivity index (χ2v) is 9.04. The van der Waals surface area contributed by atoms with E-state index < -0.39 is 36.0 Å². The number of nitrogens with zero attached hydrogens (tertiary/aromatic N) is 1. The van der Waals surface area contributed by atoms with Crippen LogP contribution in [0.4, 0.5) is 4.79 Å². The van der Waals surface area contributed by atoms with Crippen LogP contribution in [-0.4, -0.2) is 51.7 Å². The molecule has 0 bridgehead atoms. The van der Waals surface area contributed by atoms with E-state index in [2.05, 4.69) is 0 Å². The number of fused-ring (bicyclic) bond motifs is 1. The Labute approximate surface area is 321 Å². The maximum absolute atomic E-state index is 12.5. The molecule has 0 aromatic heterocycles. The van der Waals surface area contributed by atoms with Crippen LogP contribution < -0.4 is 113 Å². The van der Waals surface area contributed by atoms with E-state index in [1.54, 1.807) is 24.3 Å². The molecular weight excluding hydrogens is 592 g/mol. The molecule has 4 rings (SSSR count). The summed E-state index contributed by atoms with van der Waals surface area (Å²) in [5.74, 6) is -3.10. The van der Waals surface area contributed by atoms with Crippen LogP contribution in [0.25, 0.3) is 11.1 Å². The second kappa shape index (κ2) is 17.9. The Bertz CT molecular complexity index is 1280. The molecule has 0 aliphatic carbocycles. The van der Waals surface area contributed by atoms with E-state index in [-0.39, 0.29) is 122 Å². The first kappa shape index (κ1) is 37.1. The second-order valence-electron chi connectivity index (χ2n) is 8.60. The molecule has 2 amide bonds. The van der Waals surface area contributed by atoms with Crippen molar-refractivity contribution in [3.8, 4) is 11.1 Å². The minimum absolute atomic E-state index is 0. The van der Waals surface area contributed by atoms with Gasteiger partial charge in [0.15, 0.2) is 0 Å². The van der Waals surface area contributed by atoms with Crippen LogP contribution in [0.1, 0.15) is 39.1 Å². The van der Waals surface area contributed by atoms with Gasteiger partial charge in [-0.05, 0) is 66.4 Å². The van der Waals surface area contributed by atoms with E-state index in [1.165, 1.54) is 0 Å². The van der Waals surface area contributed by atoms with Crippen molar-refractivity contribution >= 4 is 35.5 Å². The predicted molar refractivity (Wildman–Crippen MR) is 134 cm³/mol. The quantitative estimate of drug-likeness (QED) is 0.184. The molecule has 2 N–H and O–H groups in total. The molecule has 0 saturated carbocycles. The fraction of sp³-hybridized carbons (Fsp3) is 0.214. The normalized spacial score (nSPS) is 13.1. The first-order valence-electron chi connectivity index (χ1n) is 11.7. The summed E-state index contributed by atoms with van der Waals surface area (Å²) in [7, 11) is 0. The molecule has 3 aromatic rings. The summed E-state index contributed by atoms with van der Waals surface area (Å²) in [6.07, 6.45) is -2.71. The molecule has 9 nitrogen and oxygen atoms in total. The topological polar surface area (TPSA) is 158 Å². The maximum atomic E-state index is 12.5. The van der Waals surface area contributed by atoms with Gasteiger partial charge in [-0.1, -0.05) is 60.1 Å². The third kappa shape index (κ3) is 10.4. The van der Waals surface area contributed by atoms with Gasteiger partial charge in [0.2, 0.25) is 0 Å². The van der Waals surface area contributed by atoms with Gasteiger partial charge in [-0.15, -0.1) is 0 Å². The largest absolute Gasteiger partial charge is 1.00 e. The van der Waals surface area contributed by atoms with E-state index in [9.17, 15) is 24.6 Å². The number of hydrogen-bond acceptors (Lipinski definition) is 7. The molecular formula is C28H24ClK2NO8. The molecule has 1 heterocycles. The molecule has 0 unspecified atom stereocenters. The number of carboxylic acids is 1. The van der Waals surface area contributed by atoms with Gasteiger partial charge in [0.25, 0.3) is 11.8 Å². The summed E-state index contributed by atoms with van der Waals surface area (Å²) in [6, 6.07) is 21.9. The molecule has 12 heteroatoms. The standard InChI is InChI=1S/C27H24ClNO5.CH2O3.2K/c28-20-12-10-19(11-13-20)18-8-5-17(6-9-18)7-14-24(30)23(27(33)34)15-16-29-25(31)21-3-1-2-4-22(21)26(29)32;2-1(3)4;;/h1-6,8-13,23-24,30H,7,14-16H2,(H,33,34);(H2,2,3,4);;/q;;2*+1/p-2/t23-,24-;;;/m1.../s1. The zero-order valence-corrected chi connectivity index (χ0v) is 29.1. The molecule has 2 atom stereocenters. The van der Waals surface area contributed by atoms with Crippen molar-refractivity contribution in [2.75, 3.05) is 6.54 Å². The zero-order chi connectivity index (χ0) is 27.8. The predicted octanol–water partition coefficient (Wildman–Crippen LogP) is -3.75. The number of carboxylic acid groups (broad SMARTS) is 3. The maximum Gasteiger partial charge on any atom is 1.00 e. The molecule has 1 aliphatic rings. The van der Waals surface area contributed by atoms with Gasteiger partial charge >= 0.3 is 109 Å². The smallest absolute Gasteiger partial charge is 0.652 e. The van der Waals surface area contributed by atoms with Crippen LogP contribution in [0.2, 0.25) is 5.02 Å². The fourth-order valence-electron chi connectivity index (χ4n) is 4.21. The van der Waals surface area contributed by atoms with Crippen molar-refractivity contribution in [3.05, 3.63) is 94.5 Å². The average molecular weight is 616 g/mol. The summed E-state index contributed by atoms with van der Waals surface area (Å²) in [4.78, 5) is 46.2. The number of aliphatic carboxylic acids is 1. The molecule has 0 fully saturated rings. The fourth-order valence-corrected chi connectivity index (χ4v) is 4.34. The summed E-state index contributed by atoms with van der Waals surface area (Å²) < 4.78 is 0. The van der Waals surface area contributed by atoms with Gasteiger partial charge in [-0.3, -0.25) is 19.3 Å². The van der Waals surface area contributed by atoms with Crippen LogP contribution in [0, 0.1) is 5.92 Å². The van der Waals surface area contributed by atoms with Crippen molar-refractivity contribution < 1.29 is 142 Å². The Kier molecular flexibility index (Phi) is 16.6. The van der Waals surface area contributed by atoms with Crippen molar-refractivity contribution in [1.29, 1.82) is 0 Å². The minimum atomic E-state index is -2.33.